The van der Waals surface area contributed by atoms with Crippen molar-refractivity contribution in [2.45, 2.75) is 6.18 Å². The Kier molecular flexibility index (Phi) is 2.74. The largest absolute Gasteiger partial charge is 0.417 e. The van der Waals surface area contributed by atoms with Crippen molar-refractivity contribution in [1.29, 1.82) is 0 Å². The Morgan fingerprint density at radius 2 is 1.84 bits per heavy atom. The van der Waals surface area contributed by atoms with Gasteiger partial charge in [0, 0.05) is 11.8 Å². The first-order chi connectivity index (χ1) is 9.05. The van der Waals surface area contributed by atoms with E-state index in [1.807, 2.05) is 0 Å². The Balaban J connectivity index is 2.22. The molecule has 0 amide bonds. The van der Waals surface area contributed by atoms with Crippen LogP contribution in [0.5, 0.6) is 0 Å². The lowest BCUT2D eigenvalue weighted by Crippen LogP contribution is -2.06. The van der Waals surface area contributed by atoms with Crippen molar-refractivity contribution >= 4 is 21.6 Å². The monoisotopic (exact) mass is 280 g/mol. The van der Waals surface area contributed by atoms with E-state index < -0.39 is 11.7 Å². The van der Waals surface area contributed by atoms with E-state index >= 15 is 0 Å². The van der Waals surface area contributed by atoms with Gasteiger partial charge in [-0.2, -0.15) is 13.2 Å². The number of benzene rings is 1. The van der Waals surface area contributed by atoms with Crippen LogP contribution in [-0.4, -0.2) is 9.97 Å². The van der Waals surface area contributed by atoms with Crippen LogP contribution >= 0.6 is 11.3 Å². The highest BCUT2D eigenvalue weighted by molar-refractivity contribution is 7.21. The number of thiazole rings is 1. The first-order valence-corrected chi connectivity index (χ1v) is 6.24. The van der Waals surface area contributed by atoms with Crippen LogP contribution in [0.2, 0.25) is 0 Å². The zero-order valence-electron chi connectivity index (χ0n) is 9.48. The molecule has 0 radical (unpaired) electrons. The molecule has 0 fully saturated rings. The van der Waals surface area contributed by atoms with Gasteiger partial charge in [0.2, 0.25) is 0 Å². The minimum atomic E-state index is -4.38. The van der Waals surface area contributed by atoms with Crippen LogP contribution in [0.4, 0.5) is 13.2 Å². The number of halogens is 3. The van der Waals surface area contributed by atoms with E-state index in [2.05, 4.69) is 9.97 Å². The summed E-state index contributed by atoms with van der Waals surface area (Å²) in [6.45, 7) is 0. The molecule has 0 atom stereocenters. The molecule has 0 saturated heterocycles. The van der Waals surface area contributed by atoms with Gasteiger partial charge in [0.25, 0.3) is 0 Å². The minimum absolute atomic E-state index is 0.108. The minimum Gasteiger partial charge on any atom is -0.262 e. The van der Waals surface area contributed by atoms with Gasteiger partial charge in [-0.05, 0) is 12.1 Å². The van der Waals surface area contributed by atoms with Crippen LogP contribution in [0.25, 0.3) is 20.8 Å². The maximum absolute atomic E-state index is 13.0. The van der Waals surface area contributed by atoms with Crippen LogP contribution in [0.1, 0.15) is 5.56 Å². The van der Waals surface area contributed by atoms with Crippen LogP contribution in [0, 0.1) is 0 Å². The van der Waals surface area contributed by atoms with Crippen LogP contribution < -0.4 is 0 Å². The van der Waals surface area contributed by atoms with Gasteiger partial charge in [0.15, 0.2) is 0 Å². The molecule has 0 spiro atoms. The summed E-state index contributed by atoms with van der Waals surface area (Å²) in [5, 5.41) is 0.357. The van der Waals surface area contributed by atoms with Crippen molar-refractivity contribution < 1.29 is 13.2 Å². The molecule has 6 heteroatoms. The second-order valence-corrected chi connectivity index (χ2v) is 4.94. The average Bonchev–Trinajstić information content (AvgIpc) is 2.81. The lowest BCUT2D eigenvalue weighted by Gasteiger charge is -2.10. The molecule has 0 aliphatic heterocycles. The summed E-state index contributed by atoms with van der Waals surface area (Å²) in [6.07, 6.45) is -1.24. The lowest BCUT2D eigenvalue weighted by molar-refractivity contribution is -0.137. The molecule has 0 aliphatic rings. The third kappa shape index (κ3) is 2.19. The fourth-order valence-corrected chi connectivity index (χ4v) is 2.78. The van der Waals surface area contributed by atoms with Crippen molar-refractivity contribution in [3.05, 3.63) is 48.3 Å². The number of hydrogen-bond acceptors (Lipinski definition) is 3. The van der Waals surface area contributed by atoms with Gasteiger partial charge in [-0.3, -0.25) is 4.98 Å². The zero-order valence-corrected chi connectivity index (χ0v) is 10.3. The molecule has 0 unspecified atom stereocenters. The number of pyridine rings is 1. The first-order valence-electron chi connectivity index (χ1n) is 5.43. The topological polar surface area (TPSA) is 25.8 Å². The summed E-state index contributed by atoms with van der Waals surface area (Å²) in [5.41, 5.74) is 0.0534. The second kappa shape index (κ2) is 4.31. The van der Waals surface area contributed by atoms with Gasteiger partial charge in [-0.25, -0.2) is 4.98 Å². The highest BCUT2D eigenvalue weighted by Gasteiger charge is 2.34. The number of fused-ring (bicyclic) bond motifs is 1. The molecule has 1 aromatic carbocycles. The van der Waals surface area contributed by atoms with E-state index in [4.69, 9.17) is 0 Å². The summed E-state index contributed by atoms with van der Waals surface area (Å²) in [7, 11) is 0. The molecule has 2 aromatic heterocycles. The van der Waals surface area contributed by atoms with Gasteiger partial charge >= 0.3 is 6.18 Å². The van der Waals surface area contributed by atoms with E-state index in [0.717, 1.165) is 10.8 Å². The van der Waals surface area contributed by atoms with Crippen LogP contribution in [0.15, 0.2) is 42.7 Å². The fraction of sp³-hybridized carbons (Fsp3) is 0.0769. The summed E-state index contributed by atoms with van der Waals surface area (Å²) >= 11 is 1.23. The third-order valence-corrected chi connectivity index (χ3v) is 3.72. The molecule has 2 nitrogen and oxygen atoms in total. The standard InChI is InChI=1S/C13H7F3N2S/c14-13(15,16)9-4-2-1-3-8(9)12-18-10-7-17-6-5-11(10)19-12/h1-7H. The van der Waals surface area contributed by atoms with E-state index in [9.17, 15) is 13.2 Å². The number of rotatable bonds is 1. The molecule has 0 saturated carbocycles. The van der Waals surface area contributed by atoms with Crippen molar-refractivity contribution in [2.24, 2.45) is 0 Å². The van der Waals surface area contributed by atoms with Gasteiger partial charge in [0.1, 0.15) is 10.5 Å². The van der Waals surface area contributed by atoms with E-state index in [1.165, 1.54) is 23.5 Å². The maximum Gasteiger partial charge on any atom is 0.417 e. The Morgan fingerprint density at radius 1 is 1.05 bits per heavy atom. The molecular weight excluding hydrogens is 273 g/mol. The molecule has 3 aromatic rings. The number of hydrogen-bond donors (Lipinski definition) is 0. The predicted octanol–water partition coefficient (Wildman–Crippen LogP) is 4.38. The molecule has 0 bridgehead atoms. The molecule has 3 rings (SSSR count). The van der Waals surface area contributed by atoms with Gasteiger partial charge in [-0.15, -0.1) is 11.3 Å². The van der Waals surface area contributed by atoms with Gasteiger partial charge in [-0.1, -0.05) is 18.2 Å². The van der Waals surface area contributed by atoms with Gasteiger partial charge in [0.05, 0.1) is 16.5 Å². The quantitative estimate of drug-likeness (QED) is 0.661. The molecule has 0 aliphatic carbocycles. The van der Waals surface area contributed by atoms with Crippen molar-refractivity contribution in [3.63, 3.8) is 0 Å². The number of alkyl halides is 3. The summed E-state index contributed by atoms with van der Waals surface area (Å²) in [5.74, 6) is 0. The molecular formula is C13H7F3N2S. The van der Waals surface area contributed by atoms with Crippen molar-refractivity contribution in [3.8, 4) is 10.6 Å². The van der Waals surface area contributed by atoms with Crippen molar-refractivity contribution in [2.75, 3.05) is 0 Å². The van der Waals surface area contributed by atoms with E-state index in [0.29, 0.717) is 10.5 Å². The smallest absolute Gasteiger partial charge is 0.262 e. The lowest BCUT2D eigenvalue weighted by atomic mass is 10.1. The van der Waals surface area contributed by atoms with Gasteiger partial charge < -0.3 is 0 Å². The average molecular weight is 280 g/mol. The Morgan fingerprint density at radius 3 is 2.58 bits per heavy atom. The first kappa shape index (κ1) is 12.1. The maximum atomic E-state index is 13.0. The summed E-state index contributed by atoms with van der Waals surface area (Å²) in [4.78, 5) is 8.13. The van der Waals surface area contributed by atoms with Crippen molar-refractivity contribution in [1.82, 2.24) is 9.97 Å². The third-order valence-electron chi connectivity index (χ3n) is 2.65. The van der Waals surface area contributed by atoms with E-state index in [-0.39, 0.29) is 5.56 Å². The van der Waals surface area contributed by atoms with E-state index in [1.54, 1.807) is 24.5 Å². The SMILES string of the molecule is FC(F)(F)c1ccccc1-c1nc2cnccc2s1. The summed E-state index contributed by atoms with van der Waals surface area (Å²) < 4.78 is 39.7. The van der Waals surface area contributed by atoms with Crippen LogP contribution in [0.3, 0.4) is 0 Å². The molecule has 96 valence electrons. The normalized spacial score (nSPS) is 11.9. The number of nitrogens with zero attached hydrogens (tertiary/aromatic N) is 2. The molecule has 2 heterocycles. The predicted molar refractivity (Wildman–Crippen MR) is 67.9 cm³/mol. The second-order valence-electron chi connectivity index (χ2n) is 3.91. The van der Waals surface area contributed by atoms with Crippen LogP contribution in [-0.2, 0) is 6.18 Å². The molecule has 19 heavy (non-hydrogen) atoms. The highest BCUT2D eigenvalue weighted by atomic mass is 32.1. The Bertz CT molecular complexity index is 701. The Labute approximate surface area is 110 Å². The molecule has 0 N–H and O–H groups in total. The Hall–Kier alpha value is -1.95. The fourth-order valence-electron chi connectivity index (χ4n) is 1.81. The summed E-state index contributed by atoms with van der Waals surface area (Å²) in [6, 6.07) is 7.20. The number of aromatic nitrogens is 2. The zero-order chi connectivity index (χ0) is 13.5. The highest BCUT2D eigenvalue weighted by Crippen LogP contribution is 2.39.